The Morgan fingerprint density at radius 1 is 1.28 bits per heavy atom. The Hall–Kier alpha value is -3.07. The molecule has 29 heavy (non-hydrogen) atoms. The number of carbonyl (C=O) groups is 1. The Morgan fingerprint density at radius 3 is 2.69 bits per heavy atom. The molecule has 1 aliphatic heterocycles. The molecule has 0 unspecified atom stereocenters. The second-order valence-corrected chi connectivity index (χ2v) is 7.28. The molecular formula is C20H24FN7O. The normalized spacial score (nSPS) is 16.0. The molecule has 3 N–H and O–H groups in total. The lowest BCUT2D eigenvalue weighted by Crippen LogP contribution is -2.43. The molecule has 4 rings (SSSR count). The van der Waals surface area contributed by atoms with Crippen molar-refractivity contribution < 1.29 is 9.18 Å². The van der Waals surface area contributed by atoms with Crippen LogP contribution in [-0.4, -0.2) is 57.6 Å². The van der Waals surface area contributed by atoms with Gasteiger partial charge in [-0.15, -0.1) is 0 Å². The third-order valence-corrected chi connectivity index (χ3v) is 5.34. The number of aromatic nitrogens is 4. The fourth-order valence-corrected chi connectivity index (χ4v) is 3.57. The van der Waals surface area contributed by atoms with Crippen molar-refractivity contribution in [1.29, 1.82) is 0 Å². The molecule has 3 aromatic rings. The summed E-state index contributed by atoms with van der Waals surface area (Å²) in [7, 11) is 1.57. The zero-order chi connectivity index (χ0) is 20.4. The van der Waals surface area contributed by atoms with Crippen molar-refractivity contribution in [3.05, 3.63) is 42.1 Å². The van der Waals surface area contributed by atoms with E-state index in [2.05, 4.69) is 25.9 Å². The summed E-state index contributed by atoms with van der Waals surface area (Å²) >= 11 is 0. The number of rotatable bonds is 5. The smallest absolute Gasteiger partial charge is 0.271 e. The van der Waals surface area contributed by atoms with Gasteiger partial charge in [0.05, 0.1) is 17.9 Å². The van der Waals surface area contributed by atoms with E-state index in [1.807, 2.05) is 29.7 Å². The molecular weight excluding hydrogens is 373 g/mol. The summed E-state index contributed by atoms with van der Waals surface area (Å²) in [6.45, 7) is 3.27. The number of amides is 1. The van der Waals surface area contributed by atoms with E-state index >= 15 is 4.39 Å². The van der Waals surface area contributed by atoms with Crippen LogP contribution in [-0.2, 0) is 0 Å². The maximum atomic E-state index is 15.1. The van der Waals surface area contributed by atoms with Gasteiger partial charge < -0.3 is 16.0 Å². The Morgan fingerprint density at radius 2 is 2.00 bits per heavy atom. The number of nitrogens with one attached hydrogen (secondary N) is 3. The molecule has 8 nitrogen and oxygen atoms in total. The predicted molar refractivity (Wildman–Crippen MR) is 109 cm³/mol. The van der Waals surface area contributed by atoms with Crippen LogP contribution in [0.3, 0.4) is 0 Å². The highest BCUT2D eigenvalue weighted by molar-refractivity contribution is 5.94. The number of aryl methyl sites for hydroxylation is 1. The second kappa shape index (κ2) is 7.75. The summed E-state index contributed by atoms with van der Waals surface area (Å²) in [4.78, 5) is 25.4. The number of hydrogen-bond acceptors (Lipinski definition) is 6. The maximum Gasteiger partial charge on any atom is 0.271 e. The summed E-state index contributed by atoms with van der Waals surface area (Å²) in [5.74, 6) is 0.177. The van der Waals surface area contributed by atoms with Gasteiger partial charge in [-0.05, 0) is 45.0 Å². The Kier molecular flexibility index (Phi) is 5.14. The fraction of sp³-hybridized carbons (Fsp3) is 0.400. The minimum absolute atomic E-state index is 0.137. The minimum atomic E-state index is -1.30. The number of pyridine rings is 1. The van der Waals surface area contributed by atoms with E-state index in [4.69, 9.17) is 4.98 Å². The molecule has 3 aromatic heterocycles. The third-order valence-electron chi connectivity index (χ3n) is 5.34. The van der Waals surface area contributed by atoms with E-state index in [0.29, 0.717) is 54.5 Å². The molecule has 152 valence electrons. The van der Waals surface area contributed by atoms with Crippen molar-refractivity contribution in [1.82, 2.24) is 30.0 Å². The van der Waals surface area contributed by atoms with Crippen LogP contribution in [0.1, 0.15) is 29.0 Å². The molecule has 0 bridgehead atoms. The van der Waals surface area contributed by atoms with Gasteiger partial charge in [0.15, 0.2) is 11.5 Å². The van der Waals surface area contributed by atoms with Crippen LogP contribution >= 0.6 is 0 Å². The van der Waals surface area contributed by atoms with Gasteiger partial charge in [0, 0.05) is 31.2 Å². The topological polar surface area (TPSA) is 96.2 Å². The quantitative estimate of drug-likeness (QED) is 0.609. The highest BCUT2D eigenvalue weighted by Crippen LogP contribution is 2.27. The SMILES string of the molecule is CNC(=O)c1nc2c(NCC3(F)CCNCC3)nc(-c3ccncc3)cn2c1C. The number of nitrogens with zero attached hydrogens (tertiary/aromatic N) is 4. The Balaban J connectivity index is 1.78. The maximum absolute atomic E-state index is 15.1. The molecule has 9 heteroatoms. The number of anilines is 1. The van der Waals surface area contributed by atoms with Crippen LogP contribution < -0.4 is 16.0 Å². The van der Waals surface area contributed by atoms with Gasteiger partial charge in [0.1, 0.15) is 11.4 Å². The second-order valence-electron chi connectivity index (χ2n) is 7.28. The molecule has 0 saturated carbocycles. The van der Waals surface area contributed by atoms with Crippen molar-refractivity contribution >= 4 is 17.4 Å². The third kappa shape index (κ3) is 3.77. The van der Waals surface area contributed by atoms with E-state index < -0.39 is 5.67 Å². The lowest BCUT2D eigenvalue weighted by Gasteiger charge is -2.30. The first-order chi connectivity index (χ1) is 14.0. The van der Waals surface area contributed by atoms with E-state index in [1.54, 1.807) is 19.4 Å². The summed E-state index contributed by atoms with van der Waals surface area (Å²) in [6.07, 6.45) is 6.10. The zero-order valence-corrected chi connectivity index (χ0v) is 16.5. The molecule has 1 amide bonds. The van der Waals surface area contributed by atoms with Gasteiger partial charge in [-0.2, -0.15) is 0 Å². The molecule has 0 spiro atoms. The molecule has 4 heterocycles. The molecule has 0 radical (unpaired) electrons. The van der Waals surface area contributed by atoms with Gasteiger partial charge in [-0.3, -0.25) is 14.2 Å². The number of halogens is 1. The van der Waals surface area contributed by atoms with Gasteiger partial charge in [0.2, 0.25) is 0 Å². The lowest BCUT2D eigenvalue weighted by atomic mass is 9.94. The van der Waals surface area contributed by atoms with Crippen LogP contribution in [0.15, 0.2) is 30.7 Å². The molecule has 1 aliphatic rings. The number of fused-ring (bicyclic) bond motifs is 1. The van der Waals surface area contributed by atoms with Crippen molar-refractivity contribution in [3.8, 4) is 11.3 Å². The molecule has 0 atom stereocenters. The van der Waals surface area contributed by atoms with Crippen molar-refractivity contribution in [2.45, 2.75) is 25.4 Å². The lowest BCUT2D eigenvalue weighted by molar-refractivity contribution is 0.0958. The van der Waals surface area contributed by atoms with Crippen LogP contribution in [0.25, 0.3) is 16.9 Å². The summed E-state index contributed by atoms with van der Waals surface area (Å²) in [6, 6.07) is 3.71. The summed E-state index contributed by atoms with van der Waals surface area (Å²) < 4.78 is 16.9. The average molecular weight is 397 g/mol. The summed E-state index contributed by atoms with van der Waals surface area (Å²) in [5, 5.41) is 8.95. The number of carbonyl (C=O) groups excluding carboxylic acids is 1. The number of alkyl halides is 1. The number of hydrogen-bond donors (Lipinski definition) is 3. The van der Waals surface area contributed by atoms with Crippen LogP contribution in [0.5, 0.6) is 0 Å². The van der Waals surface area contributed by atoms with Crippen molar-refractivity contribution in [3.63, 3.8) is 0 Å². The first kappa shape index (κ1) is 19.3. The van der Waals surface area contributed by atoms with E-state index in [0.717, 1.165) is 5.56 Å². The summed E-state index contributed by atoms with van der Waals surface area (Å²) in [5.41, 5.74) is 1.76. The van der Waals surface area contributed by atoms with Crippen LogP contribution in [0.2, 0.25) is 0 Å². The van der Waals surface area contributed by atoms with Gasteiger partial charge >= 0.3 is 0 Å². The zero-order valence-electron chi connectivity index (χ0n) is 16.5. The number of piperidine rings is 1. The molecule has 1 fully saturated rings. The van der Waals surface area contributed by atoms with Crippen LogP contribution in [0.4, 0.5) is 10.2 Å². The van der Waals surface area contributed by atoms with E-state index in [9.17, 15) is 4.79 Å². The van der Waals surface area contributed by atoms with Crippen molar-refractivity contribution in [2.24, 2.45) is 0 Å². The van der Waals surface area contributed by atoms with Crippen LogP contribution in [0, 0.1) is 6.92 Å². The van der Waals surface area contributed by atoms with Gasteiger partial charge in [-0.1, -0.05) is 0 Å². The van der Waals surface area contributed by atoms with E-state index in [1.165, 1.54) is 0 Å². The molecule has 0 aromatic carbocycles. The Labute approximate surface area is 168 Å². The molecule has 0 aliphatic carbocycles. The van der Waals surface area contributed by atoms with Gasteiger partial charge in [-0.25, -0.2) is 14.4 Å². The average Bonchev–Trinajstić information content (AvgIpc) is 3.09. The standard InChI is InChI=1S/C20H24FN7O/c1-13-16(19(29)22-2)27-18-17(25-12-20(21)5-9-24-10-6-20)26-15(11-28(13)18)14-3-7-23-8-4-14/h3-4,7-8,11,24H,5-6,9-10,12H2,1-2H3,(H,22,29)(H,25,26). The first-order valence-corrected chi connectivity index (χ1v) is 9.66. The largest absolute Gasteiger partial charge is 0.364 e. The highest BCUT2D eigenvalue weighted by atomic mass is 19.1. The predicted octanol–water partition coefficient (Wildman–Crippen LogP) is 1.96. The Bertz CT molecular complexity index is 1030. The van der Waals surface area contributed by atoms with Crippen molar-refractivity contribution in [2.75, 3.05) is 32.0 Å². The minimum Gasteiger partial charge on any atom is -0.364 e. The number of imidazole rings is 1. The van der Waals surface area contributed by atoms with E-state index in [-0.39, 0.29) is 12.5 Å². The highest BCUT2D eigenvalue weighted by Gasteiger charge is 2.32. The monoisotopic (exact) mass is 397 g/mol. The first-order valence-electron chi connectivity index (χ1n) is 9.66. The van der Waals surface area contributed by atoms with Gasteiger partial charge in [0.25, 0.3) is 5.91 Å². The molecule has 1 saturated heterocycles. The fourth-order valence-electron chi connectivity index (χ4n) is 3.57.